The second-order valence-corrected chi connectivity index (χ2v) is 13.5. The minimum Gasteiger partial charge on any atom is -0.456 e. The summed E-state index contributed by atoms with van der Waals surface area (Å²) in [6, 6.07) is 48.3. The molecular formula is C47H29N3O2. The molecule has 11 rings (SSSR count). The fourth-order valence-corrected chi connectivity index (χ4v) is 7.92. The van der Waals surface area contributed by atoms with Crippen molar-refractivity contribution in [3.63, 3.8) is 0 Å². The third-order valence-corrected chi connectivity index (χ3v) is 10.4. The van der Waals surface area contributed by atoms with E-state index in [0.717, 1.165) is 95.3 Å². The minimum atomic E-state index is 0.596. The van der Waals surface area contributed by atoms with Gasteiger partial charge in [-0.3, -0.25) is 0 Å². The van der Waals surface area contributed by atoms with E-state index in [-0.39, 0.29) is 0 Å². The molecule has 0 amide bonds. The van der Waals surface area contributed by atoms with Crippen molar-refractivity contribution in [2.45, 2.75) is 12.8 Å². The van der Waals surface area contributed by atoms with Crippen molar-refractivity contribution in [3.8, 4) is 45.3 Å². The maximum absolute atomic E-state index is 6.29. The van der Waals surface area contributed by atoms with Crippen molar-refractivity contribution in [1.29, 1.82) is 0 Å². The third kappa shape index (κ3) is 4.53. The van der Waals surface area contributed by atoms with E-state index in [2.05, 4.69) is 109 Å². The van der Waals surface area contributed by atoms with E-state index in [4.69, 9.17) is 23.8 Å². The lowest BCUT2D eigenvalue weighted by Gasteiger charge is -2.14. The fourth-order valence-electron chi connectivity index (χ4n) is 7.92. The molecule has 1 aliphatic rings. The van der Waals surface area contributed by atoms with Crippen LogP contribution in [0, 0.1) is 0 Å². The smallest absolute Gasteiger partial charge is 0.164 e. The lowest BCUT2D eigenvalue weighted by Crippen LogP contribution is -2.02. The molecule has 0 fully saturated rings. The number of aryl methyl sites for hydroxylation is 1. The number of para-hydroxylation sites is 2. The molecule has 1 aliphatic carbocycles. The predicted molar refractivity (Wildman–Crippen MR) is 211 cm³/mol. The summed E-state index contributed by atoms with van der Waals surface area (Å²) < 4.78 is 12.6. The molecule has 0 saturated heterocycles. The molecule has 5 nitrogen and oxygen atoms in total. The second-order valence-electron chi connectivity index (χ2n) is 13.5. The maximum Gasteiger partial charge on any atom is 0.164 e. The molecule has 0 spiro atoms. The van der Waals surface area contributed by atoms with Crippen LogP contribution in [0.25, 0.3) is 106 Å². The summed E-state index contributed by atoms with van der Waals surface area (Å²) >= 11 is 0. The van der Waals surface area contributed by atoms with Gasteiger partial charge in [0.25, 0.3) is 0 Å². The summed E-state index contributed by atoms with van der Waals surface area (Å²) in [6.07, 6.45) is 6.54. The molecule has 0 bridgehead atoms. The van der Waals surface area contributed by atoms with Crippen LogP contribution in [0.1, 0.15) is 17.5 Å². The SMILES string of the molecule is C1=Cc2cc(-c3nc(-c4ccc5c(c4)oc4ccccc45)nc(-c4cccc5c(-c6cccc7oc8ccccc8c67)cccc45)n3)ccc2CC1. The van der Waals surface area contributed by atoms with Crippen molar-refractivity contribution >= 4 is 60.7 Å². The molecule has 52 heavy (non-hydrogen) atoms. The van der Waals surface area contributed by atoms with Gasteiger partial charge in [0.15, 0.2) is 17.5 Å². The van der Waals surface area contributed by atoms with Gasteiger partial charge in [-0.05, 0) is 82.3 Å². The minimum absolute atomic E-state index is 0.596. The number of allylic oxidation sites excluding steroid dienone is 1. The zero-order chi connectivity index (χ0) is 34.2. The zero-order valence-electron chi connectivity index (χ0n) is 28.0. The normalized spacial score (nSPS) is 12.8. The summed E-state index contributed by atoms with van der Waals surface area (Å²) in [4.78, 5) is 15.5. The number of hydrogen-bond acceptors (Lipinski definition) is 5. The Balaban J connectivity index is 1.13. The van der Waals surface area contributed by atoms with Crippen LogP contribution in [-0.4, -0.2) is 15.0 Å². The van der Waals surface area contributed by atoms with Crippen molar-refractivity contribution < 1.29 is 8.83 Å². The van der Waals surface area contributed by atoms with E-state index in [1.807, 2.05) is 42.5 Å². The van der Waals surface area contributed by atoms with Gasteiger partial charge in [-0.1, -0.05) is 115 Å². The van der Waals surface area contributed by atoms with Crippen LogP contribution in [0.5, 0.6) is 0 Å². The first-order valence-electron chi connectivity index (χ1n) is 17.7. The highest BCUT2D eigenvalue weighted by atomic mass is 16.3. The van der Waals surface area contributed by atoms with E-state index in [1.54, 1.807) is 0 Å². The quantitative estimate of drug-likeness (QED) is 0.187. The Bertz CT molecular complexity index is 3090. The Kier molecular flexibility index (Phi) is 6.31. The summed E-state index contributed by atoms with van der Waals surface area (Å²) in [5.74, 6) is 1.85. The van der Waals surface area contributed by atoms with Gasteiger partial charge >= 0.3 is 0 Å². The van der Waals surface area contributed by atoms with E-state index in [9.17, 15) is 0 Å². The van der Waals surface area contributed by atoms with Gasteiger partial charge in [-0.2, -0.15) is 0 Å². The highest BCUT2D eigenvalue weighted by Crippen LogP contribution is 2.41. The number of benzene rings is 7. The van der Waals surface area contributed by atoms with Crippen molar-refractivity contribution in [3.05, 3.63) is 157 Å². The van der Waals surface area contributed by atoms with Gasteiger partial charge in [0.2, 0.25) is 0 Å². The number of furan rings is 2. The van der Waals surface area contributed by atoms with Gasteiger partial charge in [0, 0.05) is 38.2 Å². The van der Waals surface area contributed by atoms with Crippen LogP contribution in [-0.2, 0) is 6.42 Å². The molecule has 0 atom stereocenters. The van der Waals surface area contributed by atoms with Gasteiger partial charge in [0.1, 0.15) is 22.3 Å². The highest BCUT2D eigenvalue weighted by Gasteiger charge is 2.19. The first-order valence-corrected chi connectivity index (χ1v) is 17.7. The Labute approximate surface area is 298 Å². The number of hydrogen-bond donors (Lipinski definition) is 0. The van der Waals surface area contributed by atoms with Crippen LogP contribution in [0.2, 0.25) is 0 Å². The summed E-state index contributed by atoms with van der Waals surface area (Å²) in [6.45, 7) is 0. The number of rotatable bonds is 4. The molecular weight excluding hydrogens is 639 g/mol. The van der Waals surface area contributed by atoms with Crippen LogP contribution in [0.4, 0.5) is 0 Å². The third-order valence-electron chi connectivity index (χ3n) is 10.4. The molecule has 3 heterocycles. The maximum atomic E-state index is 6.29. The number of aromatic nitrogens is 3. The Hall–Kier alpha value is -6.85. The number of fused-ring (bicyclic) bond motifs is 8. The molecule has 5 heteroatoms. The van der Waals surface area contributed by atoms with Crippen molar-refractivity contribution in [2.24, 2.45) is 0 Å². The van der Waals surface area contributed by atoms with Crippen LogP contribution in [0.15, 0.2) is 154 Å². The Morgan fingerprint density at radius 1 is 0.423 bits per heavy atom. The predicted octanol–water partition coefficient (Wildman–Crippen LogP) is 12.5. The highest BCUT2D eigenvalue weighted by molar-refractivity contribution is 6.16. The standard InChI is InChI=1S/C47H29N3O2/c1-2-11-29-26-30(23-22-28(29)10-1)45-48-46(31-24-25-36-35-12-3-5-19-40(35)52-43(36)27-31)50-47(49-45)38-18-8-14-32-33(15-7-16-34(32)38)37-17-9-21-42-44(37)39-13-4-6-20-41(39)51-42/h2-9,11-27H,1,10H2. The van der Waals surface area contributed by atoms with Crippen LogP contribution in [0.3, 0.4) is 0 Å². The molecule has 3 aromatic heterocycles. The molecule has 0 radical (unpaired) electrons. The average molecular weight is 668 g/mol. The van der Waals surface area contributed by atoms with Gasteiger partial charge in [-0.25, -0.2) is 15.0 Å². The van der Waals surface area contributed by atoms with Gasteiger partial charge in [0.05, 0.1) is 0 Å². The lowest BCUT2D eigenvalue weighted by molar-refractivity contribution is 0.668. The summed E-state index contributed by atoms with van der Waals surface area (Å²) in [5.41, 5.74) is 11.0. The monoisotopic (exact) mass is 667 g/mol. The first-order chi connectivity index (χ1) is 25.7. The molecule has 244 valence electrons. The number of nitrogens with zero attached hydrogens (tertiary/aromatic N) is 3. The molecule has 0 aliphatic heterocycles. The Morgan fingerprint density at radius 3 is 1.88 bits per heavy atom. The molecule has 0 unspecified atom stereocenters. The summed E-state index contributed by atoms with van der Waals surface area (Å²) in [7, 11) is 0. The molecule has 7 aromatic carbocycles. The van der Waals surface area contributed by atoms with E-state index >= 15 is 0 Å². The molecule has 0 saturated carbocycles. The lowest BCUT2D eigenvalue weighted by atomic mass is 9.93. The van der Waals surface area contributed by atoms with Crippen LogP contribution < -0.4 is 0 Å². The van der Waals surface area contributed by atoms with Crippen LogP contribution >= 0.6 is 0 Å². The average Bonchev–Trinajstić information content (AvgIpc) is 3.78. The largest absolute Gasteiger partial charge is 0.456 e. The van der Waals surface area contributed by atoms with Crippen molar-refractivity contribution in [2.75, 3.05) is 0 Å². The van der Waals surface area contributed by atoms with Crippen molar-refractivity contribution in [1.82, 2.24) is 15.0 Å². The summed E-state index contributed by atoms with van der Waals surface area (Å²) in [5, 5.41) is 6.56. The first kappa shape index (κ1) is 28.9. The van der Waals surface area contributed by atoms with E-state index < -0.39 is 0 Å². The topological polar surface area (TPSA) is 65.0 Å². The fraction of sp³-hybridized carbons (Fsp3) is 0.0426. The zero-order valence-corrected chi connectivity index (χ0v) is 28.0. The Morgan fingerprint density at radius 2 is 1.02 bits per heavy atom. The van der Waals surface area contributed by atoms with Gasteiger partial charge < -0.3 is 8.83 Å². The van der Waals surface area contributed by atoms with Gasteiger partial charge in [-0.15, -0.1) is 0 Å². The second kappa shape index (κ2) is 11.3. The van der Waals surface area contributed by atoms with E-state index in [1.165, 1.54) is 11.1 Å². The molecule has 0 N–H and O–H groups in total. The van der Waals surface area contributed by atoms with E-state index in [0.29, 0.717) is 17.5 Å². The molecule has 10 aromatic rings.